The van der Waals surface area contributed by atoms with Gasteiger partial charge in [0.1, 0.15) is 17.4 Å². The first-order valence-corrected chi connectivity index (χ1v) is 8.71. The maximum absolute atomic E-state index is 12.4. The Kier molecular flexibility index (Phi) is 6.64. The van der Waals surface area contributed by atoms with E-state index in [0.29, 0.717) is 11.1 Å². The predicted octanol–water partition coefficient (Wildman–Crippen LogP) is 3.48. The van der Waals surface area contributed by atoms with Gasteiger partial charge in [-0.25, -0.2) is 9.59 Å². The molecule has 1 unspecified atom stereocenters. The first kappa shape index (κ1) is 22.5. The molecule has 1 aromatic carbocycles. The number of carbonyl (C=O) groups excluding carboxylic acids is 2. The summed E-state index contributed by atoms with van der Waals surface area (Å²) < 4.78 is 10.6. The lowest BCUT2D eigenvalue weighted by Gasteiger charge is -2.26. The van der Waals surface area contributed by atoms with Crippen LogP contribution in [-0.2, 0) is 19.7 Å². The van der Waals surface area contributed by atoms with Gasteiger partial charge in [-0.2, -0.15) is 0 Å². The maximum atomic E-state index is 12.4. The molecule has 0 saturated carbocycles. The number of alkyl carbamates (subject to hydrolysis) is 1. The minimum absolute atomic E-state index is 0.169. The number of rotatable bonds is 5. The third-order valence-electron chi connectivity index (χ3n) is 3.90. The number of esters is 1. The van der Waals surface area contributed by atoms with Gasteiger partial charge in [-0.15, -0.1) is 0 Å². The molecular formula is C20H29NO6. The monoisotopic (exact) mass is 379 g/mol. The summed E-state index contributed by atoms with van der Waals surface area (Å²) in [4.78, 5) is 36.0. The van der Waals surface area contributed by atoms with Crippen molar-refractivity contribution in [2.45, 2.75) is 72.4 Å². The molecule has 2 N–H and O–H groups in total. The summed E-state index contributed by atoms with van der Waals surface area (Å²) in [6.45, 7) is 13.3. The molecule has 0 bridgehead atoms. The van der Waals surface area contributed by atoms with Crippen molar-refractivity contribution in [1.82, 2.24) is 5.32 Å². The van der Waals surface area contributed by atoms with Crippen LogP contribution in [0.5, 0.6) is 5.75 Å². The number of ether oxygens (including phenoxy) is 2. The Hall–Kier alpha value is -2.57. The maximum Gasteiger partial charge on any atom is 0.408 e. The van der Waals surface area contributed by atoms with Crippen LogP contribution < -0.4 is 10.1 Å². The van der Waals surface area contributed by atoms with Crippen LogP contribution in [0.15, 0.2) is 12.1 Å². The summed E-state index contributed by atoms with van der Waals surface area (Å²) in [6, 6.07) is 2.48. The van der Waals surface area contributed by atoms with Gasteiger partial charge in [0.15, 0.2) is 0 Å². The first-order valence-electron chi connectivity index (χ1n) is 8.71. The lowest BCUT2D eigenvalue weighted by Crippen LogP contribution is -2.43. The average molecular weight is 379 g/mol. The van der Waals surface area contributed by atoms with E-state index in [2.05, 4.69) is 5.32 Å². The third kappa shape index (κ3) is 5.98. The van der Waals surface area contributed by atoms with Gasteiger partial charge in [0, 0.05) is 5.56 Å². The number of aryl methyl sites for hydroxylation is 2. The van der Waals surface area contributed by atoms with E-state index in [1.165, 1.54) is 6.92 Å². The number of carbonyl (C=O) groups is 3. The second-order valence-electron chi connectivity index (χ2n) is 8.17. The summed E-state index contributed by atoms with van der Waals surface area (Å²) in [5.41, 5.74) is -0.000648. The van der Waals surface area contributed by atoms with Crippen LogP contribution >= 0.6 is 0 Å². The van der Waals surface area contributed by atoms with Gasteiger partial charge in [0.05, 0.1) is 5.41 Å². The van der Waals surface area contributed by atoms with E-state index < -0.39 is 35.1 Å². The topological polar surface area (TPSA) is 102 Å². The van der Waals surface area contributed by atoms with Gasteiger partial charge in [-0.1, -0.05) is 6.07 Å². The molecule has 1 amide bonds. The van der Waals surface area contributed by atoms with Gasteiger partial charge in [0.2, 0.25) is 0 Å². The molecule has 0 saturated heterocycles. The summed E-state index contributed by atoms with van der Waals surface area (Å²) in [7, 11) is 0. The average Bonchev–Trinajstić information content (AvgIpc) is 2.43. The van der Waals surface area contributed by atoms with E-state index in [-0.39, 0.29) is 5.75 Å². The Bertz CT molecular complexity index is 746. The molecule has 0 spiro atoms. The highest BCUT2D eigenvalue weighted by atomic mass is 16.6. The minimum Gasteiger partial charge on any atom is -0.481 e. The van der Waals surface area contributed by atoms with Crippen molar-refractivity contribution in [3.05, 3.63) is 28.8 Å². The highest BCUT2D eigenvalue weighted by molar-refractivity contribution is 5.85. The fourth-order valence-corrected chi connectivity index (χ4v) is 2.66. The molecule has 1 atom stereocenters. The van der Waals surface area contributed by atoms with Crippen molar-refractivity contribution in [3.63, 3.8) is 0 Å². The fraction of sp³-hybridized carbons (Fsp3) is 0.550. The van der Waals surface area contributed by atoms with Crippen LogP contribution in [0.1, 0.15) is 58.2 Å². The van der Waals surface area contributed by atoms with Gasteiger partial charge in [-0.05, 0) is 72.6 Å². The highest BCUT2D eigenvalue weighted by Crippen LogP contribution is 2.36. The van der Waals surface area contributed by atoms with E-state index >= 15 is 0 Å². The van der Waals surface area contributed by atoms with Crippen LogP contribution in [0.3, 0.4) is 0 Å². The Labute approximate surface area is 160 Å². The second-order valence-corrected chi connectivity index (χ2v) is 8.17. The first-order chi connectivity index (χ1) is 12.1. The molecule has 27 heavy (non-hydrogen) atoms. The number of carboxylic acids is 1. The lowest BCUT2D eigenvalue weighted by atomic mass is 9.81. The summed E-state index contributed by atoms with van der Waals surface area (Å²) in [5, 5.41) is 12.0. The molecule has 0 aliphatic carbocycles. The molecule has 7 heteroatoms. The zero-order valence-corrected chi connectivity index (χ0v) is 17.2. The van der Waals surface area contributed by atoms with Gasteiger partial charge in [0.25, 0.3) is 0 Å². The smallest absolute Gasteiger partial charge is 0.408 e. The van der Waals surface area contributed by atoms with E-state index in [9.17, 15) is 19.5 Å². The zero-order chi connectivity index (χ0) is 21.2. The van der Waals surface area contributed by atoms with Crippen molar-refractivity contribution in [2.24, 2.45) is 0 Å². The molecule has 0 aliphatic heterocycles. The quantitative estimate of drug-likeness (QED) is 0.600. The van der Waals surface area contributed by atoms with Gasteiger partial charge < -0.3 is 19.9 Å². The number of nitrogens with one attached hydrogen (secondary N) is 1. The molecule has 0 heterocycles. The van der Waals surface area contributed by atoms with Crippen LogP contribution in [0.2, 0.25) is 0 Å². The Morgan fingerprint density at radius 2 is 1.63 bits per heavy atom. The van der Waals surface area contributed by atoms with Crippen molar-refractivity contribution in [2.75, 3.05) is 0 Å². The number of hydrogen-bond donors (Lipinski definition) is 2. The molecule has 0 aliphatic rings. The minimum atomic E-state index is -1.25. The van der Waals surface area contributed by atoms with Crippen LogP contribution in [0.25, 0.3) is 0 Å². The lowest BCUT2D eigenvalue weighted by molar-refractivity contribution is -0.143. The van der Waals surface area contributed by atoms with E-state index in [0.717, 1.165) is 5.56 Å². The van der Waals surface area contributed by atoms with E-state index in [1.54, 1.807) is 47.6 Å². The molecule has 1 rings (SSSR count). The number of carboxylic acid groups (broad SMARTS) is 1. The normalized spacial score (nSPS) is 12.9. The van der Waals surface area contributed by atoms with Gasteiger partial charge >= 0.3 is 18.0 Å². The Balaban J connectivity index is 3.09. The third-order valence-corrected chi connectivity index (χ3v) is 3.90. The van der Waals surface area contributed by atoms with Crippen LogP contribution in [0.4, 0.5) is 4.79 Å². The molecule has 0 aromatic heterocycles. The SMILES string of the molecule is Cc1cc(C)c(C(C)(C)C(=O)O)c(OC(=O)C(C)NC(=O)OC(C)(C)C)c1. The largest absolute Gasteiger partial charge is 0.481 e. The second kappa shape index (κ2) is 7.98. The van der Waals surface area contributed by atoms with Crippen molar-refractivity contribution >= 4 is 18.0 Å². The molecule has 0 radical (unpaired) electrons. The Morgan fingerprint density at radius 3 is 2.11 bits per heavy atom. The van der Waals surface area contributed by atoms with E-state index in [4.69, 9.17) is 9.47 Å². The zero-order valence-electron chi connectivity index (χ0n) is 17.2. The number of aliphatic carboxylic acids is 1. The molecule has 1 aromatic rings. The summed E-state index contributed by atoms with van der Waals surface area (Å²) in [5.74, 6) is -1.58. The standard InChI is InChI=1S/C20H29NO6/c1-11-9-12(2)15(20(7,8)17(23)24)14(10-11)26-16(22)13(3)21-18(25)27-19(4,5)6/h9-10,13H,1-8H3,(H,21,25)(H,23,24). The van der Waals surface area contributed by atoms with Gasteiger partial charge in [-0.3, -0.25) is 4.79 Å². The molecular weight excluding hydrogens is 350 g/mol. The predicted molar refractivity (Wildman–Crippen MR) is 101 cm³/mol. The number of benzene rings is 1. The summed E-state index contributed by atoms with van der Waals surface area (Å²) in [6.07, 6.45) is -0.738. The van der Waals surface area contributed by atoms with Crippen LogP contribution in [-0.4, -0.2) is 34.8 Å². The number of amides is 1. The van der Waals surface area contributed by atoms with E-state index in [1.807, 2.05) is 13.0 Å². The van der Waals surface area contributed by atoms with Crippen molar-refractivity contribution in [3.8, 4) is 5.75 Å². The summed E-state index contributed by atoms with van der Waals surface area (Å²) >= 11 is 0. The highest BCUT2D eigenvalue weighted by Gasteiger charge is 2.35. The Morgan fingerprint density at radius 1 is 1.07 bits per heavy atom. The van der Waals surface area contributed by atoms with Crippen molar-refractivity contribution < 1.29 is 29.0 Å². The molecule has 150 valence electrons. The fourth-order valence-electron chi connectivity index (χ4n) is 2.66. The van der Waals surface area contributed by atoms with Crippen molar-refractivity contribution in [1.29, 1.82) is 0 Å². The number of hydrogen-bond acceptors (Lipinski definition) is 5. The van der Waals surface area contributed by atoms with Crippen LogP contribution in [0, 0.1) is 13.8 Å². The molecule has 0 fully saturated rings. The molecule has 7 nitrogen and oxygen atoms in total.